The van der Waals surface area contributed by atoms with E-state index in [1.54, 1.807) is 6.07 Å². The van der Waals surface area contributed by atoms with Gasteiger partial charge in [-0.3, -0.25) is 0 Å². The van der Waals surface area contributed by atoms with Gasteiger partial charge < -0.3 is 9.52 Å². The summed E-state index contributed by atoms with van der Waals surface area (Å²) in [6.45, 7) is 2.02. The Kier molecular flexibility index (Phi) is 3.10. The predicted molar refractivity (Wildman–Crippen MR) is 65.6 cm³/mol. The van der Waals surface area contributed by atoms with E-state index < -0.39 is 5.97 Å². The van der Waals surface area contributed by atoms with Crippen LogP contribution in [0.2, 0.25) is 0 Å². The number of furan rings is 1. The van der Waals surface area contributed by atoms with Crippen LogP contribution >= 0.6 is 0 Å². The van der Waals surface area contributed by atoms with Crippen molar-refractivity contribution < 1.29 is 14.3 Å². The van der Waals surface area contributed by atoms with Crippen molar-refractivity contribution in [3.63, 3.8) is 0 Å². The smallest absolute Gasteiger partial charge is 0.328 e. The Balaban J connectivity index is 2.23. The van der Waals surface area contributed by atoms with Gasteiger partial charge in [0.2, 0.25) is 0 Å². The van der Waals surface area contributed by atoms with Gasteiger partial charge in [-0.15, -0.1) is 0 Å². The van der Waals surface area contributed by atoms with Crippen LogP contribution < -0.4 is 0 Å². The molecular weight excluding hydrogens is 216 g/mol. The summed E-state index contributed by atoms with van der Waals surface area (Å²) in [7, 11) is 0. The average molecular weight is 228 g/mol. The van der Waals surface area contributed by atoms with Gasteiger partial charge in [0, 0.05) is 11.6 Å². The number of rotatable bonds is 3. The summed E-state index contributed by atoms with van der Waals surface area (Å²) in [6.07, 6.45) is 2.48. The van der Waals surface area contributed by atoms with E-state index in [0.29, 0.717) is 5.76 Å². The molecule has 3 heteroatoms. The Labute approximate surface area is 99.0 Å². The molecule has 0 fully saturated rings. The fourth-order valence-electron chi connectivity index (χ4n) is 1.47. The van der Waals surface area contributed by atoms with Crippen LogP contribution in [0.4, 0.5) is 0 Å². The van der Waals surface area contributed by atoms with E-state index in [-0.39, 0.29) is 0 Å². The van der Waals surface area contributed by atoms with Crippen LogP contribution in [-0.2, 0) is 4.79 Å². The minimum atomic E-state index is -0.988. The minimum Gasteiger partial charge on any atom is -0.478 e. The van der Waals surface area contributed by atoms with Crippen molar-refractivity contribution in [1.29, 1.82) is 0 Å². The van der Waals surface area contributed by atoms with Gasteiger partial charge in [0.05, 0.1) is 0 Å². The van der Waals surface area contributed by atoms with Crippen LogP contribution in [0.5, 0.6) is 0 Å². The van der Waals surface area contributed by atoms with E-state index in [4.69, 9.17) is 9.52 Å². The lowest BCUT2D eigenvalue weighted by atomic mass is 10.1. The standard InChI is InChI=1S/C14H12O3/c1-10-2-4-11(5-3-10)13-8-6-12(17-13)7-9-14(15)16/h2-9H,1H3,(H,15,16). The summed E-state index contributed by atoms with van der Waals surface area (Å²) in [5.74, 6) is 0.274. The Morgan fingerprint density at radius 3 is 2.53 bits per heavy atom. The summed E-state index contributed by atoms with van der Waals surface area (Å²) < 4.78 is 5.51. The van der Waals surface area contributed by atoms with Gasteiger partial charge in [-0.2, -0.15) is 0 Å². The highest BCUT2D eigenvalue weighted by Gasteiger charge is 2.02. The Bertz CT molecular complexity index is 547. The van der Waals surface area contributed by atoms with E-state index in [2.05, 4.69) is 0 Å². The molecule has 1 N–H and O–H groups in total. The van der Waals surface area contributed by atoms with Crippen molar-refractivity contribution in [2.24, 2.45) is 0 Å². The molecular formula is C14H12O3. The monoisotopic (exact) mass is 228 g/mol. The molecule has 0 unspecified atom stereocenters. The average Bonchev–Trinajstić information content (AvgIpc) is 2.76. The van der Waals surface area contributed by atoms with Crippen LogP contribution in [0.3, 0.4) is 0 Å². The zero-order valence-electron chi connectivity index (χ0n) is 9.38. The van der Waals surface area contributed by atoms with Crippen molar-refractivity contribution in [3.8, 4) is 11.3 Å². The summed E-state index contributed by atoms with van der Waals surface area (Å²) in [6, 6.07) is 11.5. The maximum absolute atomic E-state index is 10.4. The number of aliphatic carboxylic acids is 1. The first-order valence-corrected chi connectivity index (χ1v) is 5.23. The first-order valence-electron chi connectivity index (χ1n) is 5.23. The number of carboxylic acid groups (broad SMARTS) is 1. The van der Waals surface area contributed by atoms with Crippen molar-refractivity contribution in [2.45, 2.75) is 6.92 Å². The quantitative estimate of drug-likeness (QED) is 0.819. The molecule has 2 aromatic rings. The van der Waals surface area contributed by atoms with E-state index in [0.717, 1.165) is 17.4 Å². The molecule has 0 aliphatic rings. The number of carbonyl (C=O) groups is 1. The molecule has 17 heavy (non-hydrogen) atoms. The van der Waals surface area contributed by atoms with Gasteiger partial charge in [-0.1, -0.05) is 29.8 Å². The molecule has 1 aromatic heterocycles. The maximum Gasteiger partial charge on any atom is 0.328 e. The van der Waals surface area contributed by atoms with E-state index in [1.165, 1.54) is 11.6 Å². The number of hydrogen-bond acceptors (Lipinski definition) is 2. The van der Waals surface area contributed by atoms with Crippen LogP contribution in [0.1, 0.15) is 11.3 Å². The fraction of sp³-hybridized carbons (Fsp3) is 0.0714. The summed E-state index contributed by atoms with van der Waals surface area (Å²) in [5.41, 5.74) is 2.16. The highest BCUT2D eigenvalue weighted by Crippen LogP contribution is 2.23. The largest absolute Gasteiger partial charge is 0.478 e. The molecule has 0 aliphatic heterocycles. The summed E-state index contributed by atoms with van der Waals surface area (Å²) >= 11 is 0. The number of carboxylic acids is 1. The van der Waals surface area contributed by atoms with Gasteiger partial charge in [-0.25, -0.2) is 4.79 Å². The number of benzene rings is 1. The Hall–Kier alpha value is -2.29. The van der Waals surface area contributed by atoms with Crippen LogP contribution in [0.15, 0.2) is 46.9 Å². The number of aryl methyl sites for hydroxylation is 1. The first kappa shape index (κ1) is 11.2. The molecule has 0 spiro atoms. The van der Waals surface area contributed by atoms with Gasteiger partial charge in [-0.05, 0) is 25.1 Å². The molecule has 1 heterocycles. The first-order chi connectivity index (χ1) is 8.15. The van der Waals surface area contributed by atoms with Crippen molar-refractivity contribution >= 4 is 12.0 Å². The Morgan fingerprint density at radius 2 is 1.88 bits per heavy atom. The van der Waals surface area contributed by atoms with Crippen LogP contribution in [0.25, 0.3) is 17.4 Å². The second-order valence-electron chi connectivity index (χ2n) is 3.74. The van der Waals surface area contributed by atoms with Crippen LogP contribution in [0, 0.1) is 6.92 Å². The van der Waals surface area contributed by atoms with Crippen LogP contribution in [-0.4, -0.2) is 11.1 Å². The third kappa shape index (κ3) is 2.84. The molecule has 0 bridgehead atoms. The molecule has 0 amide bonds. The lowest BCUT2D eigenvalue weighted by Gasteiger charge is -1.97. The zero-order valence-corrected chi connectivity index (χ0v) is 9.38. The summed E-state index contributed by atoms with van der Waals surface area (Å²) in [4.78, 5) is 10.4. The highest BCUT2D eigenvalue weighted by atomic mass is 16.4. The molecule has 1 aromatic carbocycles. The van der Waals surface area contributed by atoms with E-state index in [9.17, 15) is 4.79 Å². The molecule has 86 valence electrons. The fourth-order valence-corrected chi connectivity index (χ4v) is 1.47. The normalized spacial score (nSPS) is 10.9. The zero-order chi connectivity index (χ0) is 12.3. The third-order valence-corrected chi connectivity index (χ3v) is 2.35. The highest BCUT2D eigenvalue weighted by molar-refractivity contribution is 5.84. The SMILES string of the molecule is Cc1ccc(-c2ccc(C=CC(=O)O)o2)cc1. The second-order valence-corrected chi connectivity index (χ2v) is 3.74. The van der Waals surface area contributed by atoms with Crippen molar-refractivity contribution in [3.05, 3.63) is 53.8 Å². The lowest BCUT2D eigenvalue weighted by Crippen LogP contribution is -1.84. The molecule has 0 aliphatic carbocycles. The van der Waals surface area contributed by atoms with Gasteiger partial charge >= 0.3 is 5.97 Å². The maximum atomic E-state index is 10.4. The molecule has 0 saturated carbocycles. The molecule has 3 nitrogen and oxygen atoms in total. The molecule has 0 saturated heterocycles. The Morgan fingerprint density at radius 1 is 1.18 bits per heavy atom. The second kappa shape index (κ2) is 4.70. The molecule has 2 rings (SSSR count). The minimum absolute atomic E-state index is 0.531. The van der Waals surface area contributed by atoms with E-state index in [1.807, 2.05) is 37.3 Å². The molecule has 0 atom stereocenters. The summed E-state index contributed by atoms with van der Waals surface area (Å²) in [5, 5.41) is 8.50. The lowest BCUT2D eigenvalue weighted by molar-refractivity contribution is -0.131. The van der Waals surface area contributed by atoms with Gasteiger partial charge in [0.25, 0.3) is 0 Å². The van der Waals surface area contributed by atoms with Gasteiger partial charge in [0.15, 0.2) is 0 Å². The number of hydrogen-bond donors (Lipinski definition) is 1. The molecule has 0 radical (unpaired) electrons. The van der Waals surface area contributed by atoms with Crippen molar-refractivity contribution in [1.82, 2.24) is 0 Å². The van der Waals surface area contributed by atoms with E-state index >= 15 is 0 Å². The third-order valence-electron chi connectivity index (χ3n) is 2.35. The predicted octanol–water partition coefficient (Wildman–Crippen LogP) is 3.35. The van der Waals surface area contributed by atoms with Crippen molar-refractivity contribution in [2.75, 3.05) is 0 Å². The van der Waals surface area contributed by atoms with Gasteiger partial charge in [0.1, 0.15) is 11.5 Å². The topological polar surface area (TPSA) is 50.4 Å².